The Morgan fingerprint density at radius 3 is 2.55 bits per heavy atom. The number of aryl methyl sites for hydroxylation is 1. The van der Waals surface area contributed by atoms with Crippen molar-refractivity contribution in [3.63, 3.8) is 0 Å². The quantitative estimate of drug-likeness (QED) is 0.768. The number of carbonyl (C=O) groups is 1. The van der Waals surface area contributed by atoms with E-state index in [1.54, 1.807) is 14.2 Å². The Hall–Kier alpha value is -1.71. The summed E-state index contributed by atoms with van der Waals surface area (Å²) in [6.45, 7) is 0.908. The SMILES string of the molecule is COc1ccc(CCC(=O)N(C)CC2CC2)cc1OC. The van der Waals surface area contributed by atoms with Gasteiger partial charge in [0.15, 0.2) is 11.5 Å². The zero-order chi connectivity index (χ0) is 14.5. The predicted molar refractivity (Wildman–Crippen MR) is 78.2 cm³/mol. The maximum atomic E-state index is 12.0. The van der Waals surface area contributed by atoms with Gasteiger partial charge in [-0.2, -0.15) is 0 Å². The van der Waals surface area contributed by atoms with Gasteiger partial charge in [-0.3, -0.25) is 4.79 Å². The largest absolute Gasteiger partial charge is 0.493 e. The maximum absolute atomic E-state index is 12.0. The molecule has 0 unspecified atom stereocenters. The molecule has 0 heterocycles. The van der Waals surface area contributed by atoms with Crippen molar-refractivity contribution in [2.24, 2.45) is 5.92 Å². The van der Waals surface area contributed by atoms with E-state index in [9.17, 15) is 4.79 Å². The van der Waals surface area contributed by atoms with Crippen molar-refractivity contribution in [1.29, 1.82) is 0 Å². The fourth-order valence-electron chi connectivity index (χ4n) is 2.27. The second kappa shape index (κ2) is 6.64. The molecule has 1 aromatic rings. The molecule has 4 nitrogen and oxygen atoms in total. The molecule has 1 aliphatic carbocycles. The van der Waals surface area contributed by atoms with E-state index in [1.165, 1.54) is 12.8 Å². The second-order valence-corrected chi connectivity index (χ2v) is 5.41. The fourth-order valence-corrected chi connectivity index (χ4v) is 2.27. The number of nitrogens with zero attached hydrogens (tertiary/aromatic N) is 1. The molecule has 0 spiro atoms. The van der Waals surface area contributed by atoms with E-state index in [4.69, 9.17) is 9.47 Å². The van der Waals surface area contributed by atoms with E-state index in [-0.39, 0.29) is 5.91 Å². The van der Waals surface area contributed by atoms with E-state index in [0.717, 1.165) is 24.4 Å². The van der Waals surface area contributed by atoms with Gasteiger partial charge in [-0.1, -0.05) is 6.07 Å². The van der Waals surface area contributed by atoms with Crippen LogP contribution in [-0.2, 0) is 11.2 Å². The topological polar surface area (TPSA) is 38.8 Å². The lowest BCUT2D eigenvalue weighted by molar-refractivity contribution is -0.130. The summed E-state index contributed by atoms with van der Waals surface area (Å²) in [5.74, 6) is 2.38. The Morgan fingerprint density at radius 1 is 1.25 bits per heavy atom. The molecule has 1 saturated carbocycles. The number of amides is 1. The van der Waals surface area contributed by atoms with Gasteiger partial charge >= 0.3 is 0 Å². The van der Waals surface area contributed by atoms with E-state index in [2.05, 4.69) is 0 Å². The zero-order valence-electron chi connectivity index (χ0n) is 12.5. The maximum Gasteiger partial charge on any atom is 0.222 e. The highest BCUT2D eigenvalue weighted by atomic mass is 16.5. The standard InChI is InChI=1S/C16H23NO3/c1-17(11-13-4-5-13)16(18)9-7-12-6-8-14(19-2)15(10-12)20-3/h6,8,10,13H,4-5,7,9,11H2,1-3H3. The Bertz CT molecular complexity index is 469. The number of methoxy groups -OCH3 is 2. The summed E-state index contributed by atoms with van der Waals surface area (Å²) in [6.07, 6.45) is 3.81. The number of ether oxygens (including phenoxy) is 2. The van der Waals surface area contributed by atoms with Gasteiger partial charge in [0.1, 0.15) is 0 Å². The first-order valence-electron chi connectivity index (χ1n) is 7.09. The van der Waals surface area contributed by atoms with Crippen LogP contribution in [-0.4, -0.2) is 38.6 Å². The molecule has 1 fully saturated rings. The monoisotopic (exact) mass is 277 g/mol. The van der Waals surface area contributed by atoms with Crippen molar-refractivity contribution in [2.75, 3.05) is 27.8 Å². The molecule has 2 rings (SSSR count). The molecule has 110 valence electrons. The van der Waals surface area contributed by atoms with Crippen molar-refractivity contribution in [1.82, 2.24) is 4.90 Å². The van der Waals surface area contributed by atoms with E-state index in [0.29, 0.717) is 17.9 Å². The summed E-state index contributed by atoms with van der Waals surface area (Å²) < 4.78 is 10.5. The highest BCUT2D eigenvalue weighted by molar-refractivity contribution is 5.76. The lowest BCUT2D eigenvalue weighted by Gasteiger charge is -2.17. The van der Waals surface area contributed by atoms with Gasteiger partial charge < -0.3 is 14.4 Å². The number of carbonyl (C=O) groups excluding carboxylic acids is 1. The third-order valence-electron chi connectivity index (χ3n) is 3.73. The van der Waals surface area contributed by atoms with Crippen LogP contribution in [0.1, 0.15) is 24.8 Å². The smallest absolute Gasteiger partial charge is 0.222 e. The number of hydrogen-bond acceptors (Lipinski definition) is 3. The third kappa shape index (κ3) is 3.89. The van der Waals surface area contributed by atoms with Gasteiger partial charge in [-0.05, 0) is 42.9 Å². The van der Waals surface area contributed by atoms with Gasteiger partial charge in [0.25, 0.3) is 0 Å². The minimum absolute atomic E-state index is 0.215. The molecule has 0 aromatic heterocycles. The van der Waals surface area contributed by atoms with Crippen LogP contribution in [0.15, 0.2) is 18.2 Å². The van der Waals surface area contributed by atoms with Crippen LogP contribution in [0.4, 0.5) is 0 Å². The number of benzene rings is 1. The Morgan fingerprint density at radius 2 is 1.95 bits per heavy atom. The van der Waals surface area contributed by atoms with Crippen LogP contribution < -0.4 is 9.47 Å². The van der Waals surface area contributed by atoms with Crippen LogP contribution in [0, 0.1) is 5.92 Å². The highest BCUT2D eigenvalue weighted by Crippen LogP contribution is 2.30. The summed E-state index contributed by atoms with van der Waals surface area (Å²) >= 11 is 0. The van der Waals surface area contributed by atoms with E-state index >= 15 is 0 Å². The Kier molecular flexibility index (Phi) is 4.88. The first-order valence-corrected chi connectivity index (χ1v) is 7.09. The number of hydrogen-bond donors (Lipinski definition) is 0. The first-order chi connectivity index (χ1) is 9.63. The summed E-state index contributed by atoms with van der Waals surface area (Å²) in [6, 6.07) is 5.80. The number of rotatable bonds is 7. The van der Waals surface area contributed by atoms with Gasteiger partial charge in [-0.15, -0.1) is 0 Å². The first kappa shape index (κ1) is 14.7. The molecule has 1 aromatic carbocycles. The van der Waals surface area contributed by atoms with Crippen molar-refractivity contribution in [2.45, 2.75) is 25.7 Å². The molecule has 0 bridgehead atoms. The van der Waals surface area contributed by atoms with E-state index in [1.807, 2.05) is 30.1 Å². The molecular formula is C16H23NO3. The average Bonchev–Trinajstić information content (AvgIpc) is 3.28. The average molecular weight is 277 g/mol. The molecule has 0 saturated heterocycles. The molecule has 4 heteroatoms. The third-order valence-corrected chi connectivity index (χ3v) is 3.73. The Labute approximate surface area is 120 Å². The zero-order valence-corrected chi connectivity index (χ0v) is 12.5. The summed E-state index contributed by atoms with van der Waals surface area (Å²) in [5.41, 5.74) is 1.09. The molecule has 20 heavy (non-hydrogen) atoms. The normalized spacial score (nSPS) is 13.9. The van der Waals surface area contributed by atoms with Crippen LogP contribution in [0.2, 0.25) is 0 Å². The van der Waals surface area contributed by atoms with Crippen LogP contribution in [0.25, 0.3) is 0 Å². The van der Waals surface area contributed by atoms with Crippen molar-refractivity contribution < 1.29 is 14.3 Å². The van der Waals surface area contributed by atoms with Gasteiger partial charge in [-0.25, -0.2) is 0 Å². The lowest BCUT2D eigenvalue weighted by atomic mass is 10.1. The van der Waals surface area contributed by atoms with Crippen molar-refractivity contribution >= 4 is 5.91 Å². The molecule has 1 aliphatic rings. The van der Waals surface area contributed by atoms with Crippen molar-refractivity contribution in [3.05, 3.63) is 23.8 Å². The van der Waals surface area contributed by atoms with Gasteiger partial charge in [0.05, 0.1) is 14.2 Å². The summed E-state index contributed by atoms with van der Waals surface area (Å²) in [5, 5.41) is 0. The van der Waals surface area contributed by atoms with Crippen LogP contribution in [0.5, 0.6) is 11.5 Å². The summed E-state index contributed by atoms with van der Waals surface area (Å²) in [7, 11) is 5.14. The van der Waals surface area contributed by atoms with Crippen molar-refractivity contribution in [3.8, 4) is 11.5 Å². The Balaban J connectivity index is 1.87. The van der Waals surface area contributed by atoms with Crippen LogP contribution in [0.3, 0.4) is 0 Å². The highest BCUT2D eigenvalue weighted by Gasteiger charge is 2.24. The minimum atomic E-state index is 0.215. The van der Waals surface area contributed by atoms with Gasteiger partial charge in [0, 0.05) is 20.0 Å². The molecule has 0 N–H and O–H groups in total. The van der Waals surface area contributed by atoms with Gasteiger partial charge in [0.2, 0.25) is 5.91 Å². The van der Waals surface area contributed by atoms with Crippen LogP contribution >= 0.6 is 0 Å². The predicted octanol–water partition coefficient (Wildman–Crippen LogP) is 2.50. The molecule has 0 aliphatic heterocycles. The minimum Gasteiger partial charge on any atom is -0.493 e. The lowest BCUT2D eigenvalue weighted by Crippen LogP contribution is -2.28. The molecule has 0 radical (unpaired) electrons. The molecular weight excluding hydrogens is 254 g/mol. The second-order valence-electron chi connectivity index (χ2n) is 5.41. The molecule has 1 amide bonds. The van der Waals surface area contributed by atoms with E-state index < -0.39 is 0 Å². The molecule has 0 atom stereocenters. The summed E-state index contributed by atoms with van der Waals surface area (Å²) in [4.78, 5) is 13.9. The fraction of sp³-hybridized carbons (Fsp3) is 0.562.